The topological polar surface area (TPSA) is 0 Å². The largest absolute Gasteiger partial charge is 0.0630 e. The van der Waals surface area contributed by atoms with Crippen LogP contribution in [0.1, 0.15) is 90.0 Å². The van der Waals surface area contributed by atoms with Gasteiger partial charge in [0, 0.05) is 0 Å². The molecule has 0 unspecified atom stereocenters. The lowest BCUT2D eigenvalue weighted by Gasteiger charge is -2.34. The van der Waals surface area contributed by atoms with Gasteiger partial charge in [-0.3, -0.25) is 0 Å². The molecule has 0 aromatic carbocycles. The van der Waals surface area contributed by atoms with E-state index in [0.717, 1.165) is 5.92 Å². The number of rotatable bonds is 0. The molecule has 0 saturated heterocycles. The first kappa shape index (κ1) is 22.2. The van der Waals surface area contributed by atoms with Crippen molar-refractivity contribution in [1.82, 2.24) is 0 Å². The van der Waals surface area contributed by atoms with Crippen LogP contribution in [0.4, 0.5) is 0 Å². The van der Waals surface area contributed by atoms with Gasteiger partial charge in [-0.15, -0.1) is 0 Å². The first-order valence-corrected chi connectivity index (χ1v) is 6.98. The first-order valence-electron chi connectivity index (χ1n) is 6.98. The highest BCUT2D eigenvalue weighted by atomic mass is 14.3. The minimum atomic E-state index is 0.437. The monoisotopic (exact) mass is 244 g/mol. The standard InChI is InChI=1S/C8H18.C5H12.C4H10/c1-7(2,3)8(4,5)6;1-5(2,3)4;1-4(2)3/h1-6H3;1-4H3;4H,1-3H3. The lowest BCUT2D eigenvalue weighted by atomic mass is 9.71. The molecule has 0 radical (unpaired) electrons. The fourth-order valence-electron chi connectivity index (χ4n) is 0. The lowest BCUT2D eigenvalue weighted by Crippen LogP contribution is -2.25. The Hall–Kier alpha value is 0. The van der Waals surface area contributed by atoms with Crippen molar-refractivity contribution in [1.29, 1.82) is 0 Å². The SMILES string of the molecule is CC(C)(C)C.CC(C)(C)C(C)(C)C.CC(C)C. The van der Waals surface area contributed by atoms with Crippen LogP contribution in [0.2, 0.25) is 0 Å². The van der Waals surface area contributed by atoms with Gasteiger partial charge in [0.25, 0.3) is 0 Å². The fourth-order valence-corrected chi connectivity index (χ4v) is 0. The summed E-state index contributed by atoms with van der Waals surface area (Å²) in [4.78, 5) is 0. The zero-order valence-electron chi connectivity index (χ0n) is 15.1. The van der Waals surface area contributed by atoms with Crippen molar-refractivity contribution in [3.05, 3.63) is 0 Å². The molecule has 0 heterocycles. The van der Waals surface area contributed by atoms with E-state index in [1.54, 1.807) is 0 Å². The summed E-state index contributed by atoms with van der Waals surface area (Å²) in [5.41, 5.74) is 1.38. The minimum absolute atomic E-state index is 0.437. The van der Waals surface area contributed by atoms with Crippen molar-refractivity contribution in [3.63, 3.8) is 0 Å². The highest BCUT2D eigenvalue weighted by Crippen LogP contribution is 2.36. The van der Waals surface area contributed by atoms with Crippen LogP contribution in [0, 0.1) is 22.2 Å². The van der Waals surface area contributed by atoms with Gasteiger partial charge in [-0.2, -0.15) is 0 Å². The van der Waals surface area contributed by atoms with E-state index in [4.69, 9.17) is 0 Å². The van der Waals surface area contributed by atoms with Crippen molar-refractivity contribution < 1.29 is 0 Å². The third kappa shape index (κ3) is 38.7. The maximum absolute atomic E-state index is 2.27. The highest BCUT2D eigenvalue weighted by Gasteiger charge is 2.26. The van der Waals surface area contributed by atoms with Crippen molar-refractivity contribution in [3.8, 4) is 0 Å². The summed E-state index contributed by atoms with van der Waals surface area (Å²) in [6.45, 7) is 28.9. The van der Waals surface area contributed by atoms with Crippen molar-refractivity contribution in [2.75, 3.05) is 0 Å². The van der Waals surface area contributed by atoms with Gasteiger partial charge >= 0.3 is 0 Å². The molecule has 0 heteroatoms. The molecule has 0 nitrogen and oxygen atoms in total. The molecule has 0 aromatic heterocycles. The van der Waals surface area contributed by atoms with E-state index in [1.165, 1.54) is 0 Å². The van der Waals surface area contributed by atoms with Crippen molar-refractivity contribution in [2.45, 2.75) is 90.0 Å². The molecule has 0 spiro atoms. The molecular weight excluding hydrogens is 204 g/mol. The van der Waals surface area contributed by atoms with E-state index < -0.39 is 0 Å². The second-order valence-corrected chi connectivity index (χ2v) is 9.23. The van der Waals surface area contributed by atoms with Crippen LogP contribution < -0.4 is 0 Å². The van der Waals surface area contributed by atoms with Gasteiger partial charge in [-0.25, -0.2) is 0 Å². The Balaban J connectivity index is -0.000000188. The predicted octanol–water partition coefficient (Wildman–Crippen LogP) is 6.79. The molecule has 0 bridgehead atoms. The quantitative estimate of drug-likeness (QED) is 0.440. The Morgan fingerprint density at radius 1 is 0.471 bits per heavy atom. The summed E-state index contributed by atoms with van der Waals surface area (Å²) in [6.07, 6.45) is 0. The smallest absolute Gasteiger partial charge is 0.0334 e. The Bertz CT molecular complexity index is 133. The van der Waals surface area contributed by atoms with E-state index in [0.29, 0.717) is 16.2 Å². The second-order valence-electron chi connectivity index (χ2n) is 9.23. The average Bonchev–Trinajstić information content (AvgIpc) is 1.73. The second kappa shape index (κ2) is 8.16. The van der Waals surface area contributed by atoms with Gasteiger partial charge < -0.3 is 0 Å². The summed E-state index contributed by atoms with van der Waals surface area (Å²) in [5, 5.41) is 0. The highest BCUT2D eigenvalue weighted by molar-refractivity contribution is 4.77. The number of hydrogen-bond acceptors (Lipinski definition) is 0. The molecule has 108 valence electrons. The van der Waals surface area contributed by atoms with E-state index in [9.17, 15) is 0 Å². The van der Waals surface area contributed by atoms with Crippen molar-refractivity contribution >= 4 is 0 Å². The van der Waals surface area contributed by atoms with Gasteiger partial charge in [0.2, 0.25) is 0 Å². The van der Waals surface area contributed by atoms with Crippen molar-refractivity contribution in [2.24, 2.45) is 22.2 Å². The maximum atomic E-state index is 2.27. The van der Waals surface area contributed by atoms with Crippen LogP contribution in [0.25, 0.3) is 0 Å². The third-order valence-corrected chi connectivity index (χ3v) is 2.25. The summed E-state index contributed by atoms with van der Waals surface area (Å²) < 4.78 is 0. The zero-order valence-corrected chi connectivity index (χ0v) is 15.1. The Kier molecular flexibility index (Phi) is 10.7. The molecule has 0 amide bonds. The summed E-state index contributed by atoms with van der Waals surface area (Å²) >= 11 is 0. The van der Waals surface area contributed by atoms with Gasteiger partial charge in [0.05, 0.1) is 0 Å². The van der Waals surface area contributed by atoms with Crippen LogP contribution >= 0.6 is 0 Å². The normalized spacial score (nSPS) is 12.4. The Morgan fingerprint density at radius 3 is 0.529 bits per heavy atom. The molecule has 0 N–H and O–H groups in total. The van der Waals surface area contributed by atoms with Gasteiger partial charge in [0.1, 0.15) is 0 Å². The molecule has 17 heavy (non-hydrogen) atoms. The van der Waals surface area contributed by atoms with Crippen LogP contribution in [-0.4, -0.2) is 0 Å². The van der Waals surface area contributed by atoms with Gasteiger partial charge in [-0.05, 0) is 22.2 Å². The van der Waals surface area contributed by atoms with Crippen LogP contribution in [0.15, 0.2) is 0 Å². The minimum Gasteiger partial charge on any atom is -0.0630 e. The van der Waals surface area contributed by atoms with E-state index in [1.807, 2.05) is 0 Å². The summed E-state index contributed by atoms with van der Waals surface area (Å²) in [6, 6.07) is 0. The predicted molar refractivity (Wildman–Crippen MR) is 84.6 cm³/mol. The van der Waals surface area contributed by atoms with Crippen LogP contribution in [0.3, 0.4) is 0 Å². The molecule has 0 aliphatic rings. The molecule has 0 atom stereocenters. The molecule has 0 aliphatic heterocycles. The average molecular weight is 245 g/mol. The first-order chi connectivity index (χ1) is 6.98. The van der Waals surface area contributed by atoms with Gasteiger partial charge in [0.15, 0.2) is 0 Å². The van der Waals surface area contributed by atoms with E-state index in [-0.39, 0.29) is 0 Å². The zero-order chi connectivity index (χ0) is 15.1. The third-order valence-electron chi connectivity index (χ3n) is 2.25. The number of hydrogen-bond donors (Lipinski definition) is 0. The van der Waals surface area contributed by atoms with Gasteiger partial charge in [-0.1, -0.05) is 90.0 Å². The van der Waals surface area contributed by atoms with Crippen LogP contribution in [0.5, 0.6) is 0 Å². The summed E-state index contributed by atoms with van der Waals surface area (Å²) in [7, 11) is 0. The molecule has 0 saturated carbocycles. The molecule has 0 aliphatic carbocycles. The molecule has 0 rings (SSSR count). The lowest BCUT2D eigenvalue weighted by molar-refractivity contribution is 0.157. The van der Waals surface area contributed by atoms with E-state index in [2.05, 4.69) is 90.0 Å². The Morgan fingerprint density at radius 2 is 0.529 bits per heavy atom. The van der Waals surface area contributed by atoms with Crippen LogP contribution in [-0.2, 0) is 0 Å². The Labute approximate surface area is 113 Å². The fraction of sp³-hybridized carbons (Fsp3) is 1.00. The molecular formula is C17H40. The maximum Gasteiger partial charge on any atom is -0.0334 e. The molecule has 0 fully saturated rings. The summed E-state index contributed by atoms with van der Waals surface area (Å²) in [5.74, 6) is 0.833. The molecule has 0 aromatic rings. The van der Waals surface area contributed by atoms with E-state index >= 15 is 0 Å².